The standard InChI is InChI=1S/C10H11N5O2/c1-2-17-10(16)9-13-8(14-15-9)6-3-4-12-7(11)5-6/h3-5H,2H2,1H3,(H2,11,12)(H,13,14,15). The molecule has 2 aromatic heterocycles. The minimum Gasteiger partial charge on any atom is -0.460 e. The summed E-state index contributed by atoms with van der Waals surface area (Å²) in [4.78, 5) is 19.2. The molecule has 2 rings (SSSR count). The number of nitrogens with one attached hydrogen (secondary N) is 1. The van der Waals surface area contributed by atoms with Gasteiger partial charge in [-0.2, -0.15) is 5.10 Å². The van der Waals surface area contributed by atoms with Gasteiger partial charge >= 0.3 is 5.97 Å². The van der Waals surface area contributed by atoms with Crippen molar-refractivity contribution in [1.29, 1.82) is 0 Å². The van der Waals surface area contributed by atoms with E-state index in [0.29, 0.717) is 17.2 Å². The topological polar surface area (TPSA) is 107 Å². The van der Waals surface area contributed by atoms with E-state index in [0.717, 1.165) is 0 Å². The number of aromatic amines is 1. The zero-order chi connectivity index (χ0) is 12.3. The number of carbonyl (C=O) groups excluding carboxylic acids is 1. The molecule has 3 N–H and O–H groups in total. The number of nitrogens with two attached hydrogens (primary N) is 1. The number of nitrogens with zero attached hydrogens (tertiary/aromatic N) is 3. The van der Waals surface area contributed by atoms with Crippen LogP contribution in [0.2, 0.25) is 0 Å². The van der Waals surface area contributed by atoms with Crippen molar-refractivity contribution in [3.05, 3.63) is 24.2 Å². The maximum Gasteiger partial charge on any atom is 0.375 e. The van der Waals surface area contributed by atoms with Gasteiger partial charge in [0.25, 0.3) is 0 Å². The molecule has 17 heavy (non-hydrogen) atoms. The second kappa shape index (κ2) is 4.60. The van der Waals surface area contributed by atoms with E-state index in [4.69, 9.17) is 10.5 Å². The molecule has 7 nitrogen and oxygen atoms in total. The van der Waals surface area contributed by atoms with Gasteiger partial charge < -0.3 is 10.5 Å². The Morgan fingerprint density at radius 2 is 2.41 bits per heavy atom. The predicted octanol–water partition coefficient (Wildman–Crippen LogP) is 0.626. The Balaban J connectivity index is 2.27. The Bertz CT molecular complexity index is 537. The molecule has 0 atom stereocenters. The van der Waals surface area contributed by atoms with Gasteiger partial charge in [0.2, 0.25) is 5.82 Å². The van der Waals surface area contributed by atoms with Crippen LogP contribution in [0.25, 0.3) is 11.4 Å². The van der Waals surface area contributed by atoms with Crippen molar-refractivity contribution in [2.45, 2.75) is 6.92 Å². The molecular weight excluding hydrogens is 222 g/mol. The number of esters is 1. The minimum atomic E-state index is -0.534. The Hall–Kier alpha value is -2.44. The van der Waals surface area contributed by atoms with Gasteiger partial charge in [-0.25, -0.2) is 14.8 Å². The third-order valence-electron chi connectivity index (χ3n) is 1.99. The Morgan fingerprint density at radius 3 is 3.12 bits per heavy atom. The number of hydrogen-bond donors (Lipinski definition) is 2. The molecule has 0 fully saturated rings. The largest absolute Gasteiger partial charge is 0.460 e. The lowest BCUT2D eigenvalue weighted by Crippen LogP contribution is -2.06. The average Bonchev–Trinajstić information content (AvgIpc) is 2.78. The first-order valence-electron chi connectivity index (χ1n) is 5.02. The maximum atomic E-state index is 11.4. The number of H-pyrrole nitrogens is 1. The van der Waals surface area contributed by atoms with Crippen LogP contribution >= 0.6 is 0 Å². The number of pyridine rings is 1. The summed E-state index contributed by atoms with van der Waals surface area (Å²) in [5.74, 6) is 0.276. The van der Waals surface area contributed by atoms with E-state index >= 15 is 0 Å². The number of aromatic nitrogens is 4. The monoisotopic (exact) mass is 233 g/mol. The van der Waals surface area contributed by atoms with Gasteiger partial charge in [0.1, 0.15) is 5.82 Å². The van der Waals surface area contributed by atoms with Gasteiger partial charge in [-0.15, -0.1) is 0 Å². The van der Waals surface area contributed by atoms with E-state index < -0.39 is 5.97 Å². The number of ether oxygens (including phenoxy) is 1. The second-order valence-corrected chi connectivity index (χ2v) is 3.20. The van der Waals surface area contributed by atoms with Crippen LogP contribution in [0.4, 0.5) is 5.82 Å². The highest BCUT2D eigenvalue weighted by Gasteiger charge is 2.13. The molecule has 0 spiro atoms. The number of anilines is 1. The summed E-state index contributed by atoms with van der Waals surface area (Å²) in [5.41, 5.74) is 6.23. The number of carbonyl (C=O) groups is 1. The third-order valence-corrected chi connectivity index (χ3v) is 1.99. The lowest BCUT2D eigenvalue weighted by atomic mass is 10.2. The molecule has 0 aliphatic heterocycles. The molecule has 0 radical (unpaired) electrons. The fourth-order valence-corrected chi connectivity index (χ4v) is 1.27. The SMILES string of the molecule is CCOC(=O)c1nc(-c2ccnc(N)c2)n[nH]1. The molecule has 0 saturated heterocycles. The first-order valence-corrected chi connectivity index (χ1v) is 5.02. The molecule has 7 heteroatoms. The van der Waals surface area contributed by atoms with Crippen LogP contribution in [0.3, 0.4) is 0 Å². The molecule has 0 saturated carbocycles. The zero-order valence-corrected chi connectivity index (χ0v) is 9.17. The highest BCUT2D eigenvalue weighted by Crippen LogP contribution is 2.15. The highest BCUT2D eigenvalue weighted by atomic mass is 16.5. The molecule has 2 heterocycles. The molecule has 0 unspecified atom stereocenters. The van der Waals surface area contributed by atoms with E-state index in [1.54, 1.807) is 25.3 Å². The van der Waals surface area contributed by atoms with Crippen molar-refractivity contribution in [3.63, 3.8) is 0 Å². The van der Waals surface area contributed by atoms with Crippen LogP contribution in [-0.4, -0.2) is 32.7 Å². The van der Waals surface area contributed by atoms with E-state index in [9.17, 15) is 4.79 Å². The summed E-state index contributed by atoms with van der Waals surface area (Å²) in [6, 6.07) is 3.33. The van der Waals surface area contributed by atoms with Crippen LogP contribution in [0.5, 0.6) is 0 Å². The normalized spacial score (nSPS) is 10.2. The second-order valence-electron chi connectivity index (χ2n) is 3.20. The Labute approximate surface area is 97.0 Å². The van der Waals surface area contributed by atoms with Gasteiger partial charge in [-0.05, 0) is 19.1 Å². The smallest absolute Gasteiger partial charge is 0.375 e. The fraction of sp³-hybridized carbons (Fsp3) is 0.200. The number of nitrogen functional groups attached to an aromatic ring is 1. The average molecular weight is 233 g/mol. The van der Waals surface area contributed by atoms with Gasteiger partial charge in [-0.1, -0.05) is 0 Å². The summed E-state index contributed by atoms with van der Waals surface area (Å²) in [5, 5.41) is 6.42. The van der Waals surface area contributed by atoms with Gasteiger partial charge in [-0.3, -0.25) is 5.10 Å². The summed E-state index contributed by atoms with van der Waals surface area (Å²) in [6.07, 6.45) is 1.55. The first-order chi connectivity index (χ1) is 8.20. The van der Waals surface area contributed by atoms with Crippen LogP contribution in [0.1, 0.15) is 17.5 Å². The van der Waals surface area contributed by atoms with Gasteiger partial charge in [0.05, 0.1) is 6.61 Å². The lowest BCUT2D eigenvalue weighted by Gasteiger charge is -1.96. The highest BCUT2D eigenvalue weighted by molar-refractivity contribution is 5.85. The molecular formula is C10H11N5O2. The van der Waals surface area contributed by atoms with Crippen LogP contribution in [-0.2, 0) is 4.74 Å². The van der Waals surface area contributed by atoms with Crippen LogP contribution < -0.4 is 5.73 Å². The van der Waals surface area contributed by atoms with Gasteiger partial charge in [0, 0.05) is 11.8 Å². The Kier molecular flexibility index (Phi) is 2.99. The predicted molar refractivity (Wildman–Crippen MR) is 60.0 cm³/mol. The first kappa shape index (κ1) is 11.1. The van der Waals surface area contributed by atoms with Crippen molar-refractivity contribution in [1.82, 2.24) is 20.2 Å². The van der Waals surface area contributed by atoms with E-state index in [1.165, 1.54) is 0 Å². The number of rotatable bonds is 3. The molecule has 88 valence electrons. The third kappa shape index (κ3) is 2.39. The minimum absolute atomic E-state index is 0.0669. The summed E-state index contributed by atoms with van der Waals surface area (Å²) < 4.78 is 4.79. The molecule has 0 aromatic carbocycles. The molecule has 0 aliphatic rings. The van der Waals surface area contributed by atoms with Crippen molar-refractivity contribution < 1.29 is 9.53 Å². The summed E-state index contributed by atoms with van der Waals surface area (Å²) in [6.45, 7) is 2.01. The lowest BCUT2D eigenvalue weighted by molar-refractivity contribution is 0.0512. The van der Waals surface area contributed by atoms with Crippen LogP contribution in [0.15, 0.2) is 18.3 Å². The fourth-order valence-electron chi connectivity index (χ4n) is 1.27. The molecule has 0 aliphatic carbocycles. The van der Waals surface area contributed by atoms with Crippen LogP contribution in [0, 0.1) is 0 Å². The quantitative estimate of drug-likeness (QED) is 0.753. The van der Waals surface area contributed by atoms with E-state index in [-0.39, 0.29) is 12.4 Å². The van der Waals surface area contributed by atoms with E-state index in [2.05, 4.69) is 20.2 Å². The van der Waals surface area contributed by atoms with Crippen molar-refractivity contribution >= 4 is 11.8 Å². The molecule has 0 amide bonds. The van der Waals surface area contributed by atoms with Crippen molar-refractivity contribution in [2.24, 2.45) is 0 Å². The van der Waals surface area contributed by atoms with Crippen molar-refractivity contribution in [2.75, 3.05) is 12.3 Å². The molecule has 0 bridgehead atoms. The Morgan fingerprint density at radius 1 is 1.59 bits per heavy atom. The maximum absolute atomic E-state index is 11.4. The molecule has 2 aromatic rings. The zero-order valence-electron chi connectivity index (χ0n) is 9.17. The van der Waals surface area contributed by atoms with Gasteiger partial charge in [0.15, 0.2) is 5.82 Å². The summed E-state index contributed by atoms with van der Waals surface area (Å²) >= 11 is 0. The van der Waals surface area contributed by atoms with E-state index in [1.807, 2.05) is 0 Å². The summed E-state index contributed by atoms with van der Waals surface area (Å²) in [7, 11) is 0. The number of hydrogen-bond acceptors (Lipinski definition) is 6. The van der Waals surface area contributed by atoms with Crippen molar-refractivity contribution in [3.8, 4) is 11.4 Å².